The third-order valence-electron chi connectivity index (χ3n) is 3.30. The SMILES string of the molecule is CCCN1Cc2nnc(-c3cnco3)n2[C@@H](C)C1=O. The number of nitrogens with zero attached hydrogens (tertiary/aromatic N) is 5. The second kappa shape index (κ2) is 4.49. The molecule has 1 atom stereocenters. The summed E-state index contributed by atoms with van der Waals surface area (Å²) in [7, 11) is 0. The molecular formula is C12H15N5O2. The van der Waals surface area contributed by atoms with Crippen LogP contribution in [0.1, 0.15) is 32.1 Å². The van der Waals surface area contributed by atoms with Crippen LogP contribution < -0.4 is 0 Å². The van der Waals surface area contributed by atoms with Gasteiger partial charge in [-0.3, -0.25) is 9.36 Å². The van der Waals surface area contributed by atoms with Gasteiger partial charge >= 0.3 is 0 Å². The number of rotatable bonds is 3. The molecule has 0 saturated carbocycles. The van der Waals surface area contributed by atoms with Crippen LogP contribution in [-0.2, 0) is 11.3 Å². The van der Waals surface area contributed by atoms with Gasteiger partial charge in [-0.1, -0.05) is 6.92 Å². The summed E-state index contributed by atoms with van der Waals surface area (Å²) in [5.74, 6) is 1.97. The molecule has 7 nitrogen and oxygen atoms in total. The summed E-state index contributed by atoms with van der Waals surface area (Å²) in [4.78, 5) is 18.0. The van der Waals surface area contributed by atoms with Gasteiger partial charge < -0.3 is 9.32 Å². The molecule has 1 aliphatic rings. The van der Waals surface area contributed by atoms with Crippen LogP contribution in [0.5, 0.6) is 0 Å². The molecule has 0 bridgehead atoms. The quantitative estimate of drug-likeness (QED) is 0.831. The Morgan fingerprint density at radius 3 is 3.00 bits per heavy atom. The predicted octanol–water partition coefficient (Wildman–Crippen LogP) is 1.25. The fourth-order valence-electron chi connectivity index (χ4n) is 2.42. The van der Waals surface area contributed by atoms with E-state index in [-0.39, 0.29) is 11.9 Å². The summed E-state index contributed by atoms with van der Waals surface area (Å²) in [5.41, 5.74) is 0. The summed E-state index contributed by atoms with van der Waals surface area (Å²) >= 11 is 0. The van der Waals surface area contributed by atoms with Gasteiger partial charge in [-0.05, 0) is 13.3 Å². The number of aromatic nitrogens is 4. The zero-order valence-electron chi connectivity index (χ0n) is 10.9. The third kappa shape index (κ3) is 1.81. The number of oxazole rings is 1. The number of carbonyl (C=O) groups is 1. The average Bonchev–Trinajstić information content (AvgIpc) is 3.03. The summed E-state index contributed by atoms with van der Waals surface area (Å²) < 4.78 is 7.07. The smallest absolute Gasteiger partial charge is 0.245 e. The Hall–Kier alpha value is -2.18. The number of fused-ring (bicyclic) bond motifs is 1. The highest BCUT2D eigenvalue weighted by Gasteiger charge is 2.33. The van der Waals surface area contributed by atoms with Crippen LogP contribution in [0.15, 0.2) is 17.0 Å². The topological polar surface area (TPSA) is 77.1 Å². The van der Waals surface area contributed by atoms with Crippen molar-refractivity contribution in [3.8, 4) is 11.6 Å². The summed E-state index contributed by atoms with van der Waals surface area (Å²) in [5, 5.41) is 8.28. The maximum atomic E-state index is 12.3. The molecule has 0 aromatic carbocycles. The van der Waals surface area contributed by atoms with Gasteiger partial charge in [0.1, 0.15) is 6.04 Å². The van der Waals surface area contributed by atoms with Crippen LogP contribution in [0.2, 0.25) is 0 Å². The second-order valence-electron chi connectivity index (χ2n) is 4.61. The number of amides is 1. The van der Waals surface area contributed by atoms with Crippen LogP contribution >= 0.6 is 0 Å². The maximum absolute atomic E-state index is 12.3. The molecule has 0 N–H and O–H groups in total. The van der Waals surface area contributed by atoms with Crippen molar-refractivity contribution >= 4 is 5.91 Å². The molecule has 1 amide bonds. The minimum absolute atomic E-state index is 0.0925. The van der Waals surface area contributed by atoms with E-state index in [9.17, 15) is 4.79 Å². The first-order valence-electron chi connectivity index (χ1n) is 6.33. The van der Waals surface area contributed by atoms with E-state index in [1.54, 1.807) is 6.20 Å². The predicted molar refractivity (Wildman–Crippen MR) is 65.9 cm³/mol. The van der Waals surface area contributed by atoms with E-state index >= 15 is 0 Å². The van der Waals surface area contributed by atoms with Gasteiger partial charge in [0.05, 0.1) is 12.7 Å². The van der Waals surface area contributed by atoms with Crippen molar-refractivity contribution in [2.45, 2.75) is 32.9 Å². The number of hydrogen-bond donors (Lipinski definition) is 0. The van der Waals surface area contributed by atoms with E-state index in [1.165, 1.54) is 6.39 Å². The zero-order chi connectivity index (χ0) is 13.4. The van der Waals surface area contributed by atoms with Gasteiger partial charge in [0.15, 0.2) is 18.0 Å². The fourth-order valence-corrected chi connectivity index (χ4v) is 2.42. The van der Waals surface area contributed by atoms with Crippen molar-refractivity contribution in [3.05, 3.63) is 18.4 Å². The Kier molecular flexibility index (Phi) is 2.81. The van der Waals surface area contributed by atoms with E-state index in [2.05, 4.69) is 22.1 Å². The minimum Gasteiger partial charge on any atom is -0.440 e. The Morgan fingerprint density at radius 1 is 1.47 bits per heavy atom. The lowest BCUT2D eigenvalue weighted by molar-refractivity contribution is -0.136. The highest BCUT2D eigenvalue weighted by atomic mass is 16.3. The Labute approximate surface area is 110 Å². The lowest BCUT2D eigenvalue weighted by atomic mass is 10.2. The van der Waals surface area contributed by atoms with Crippen LogP contribution in [-0.4, -0.2) is 37.1 Å². The van der Waals surface area contributed by atoms with Crippen molar-refractivity contribution in [3.63, 3.8) is 0 Å². The van der Waals surface area contributed by atoms with Crippen LogP contribution in [0.25, 0.3) is 11.6 Å². The fraction of sp³-hybridized carbons (Fsp3) is 0.500. The van der Waals surface area contributed by atoms with E-state index in [4.69, 9.17) is 4.42 Å². The van der Waals surface area contributed by atoms with Gasteiger partial charge in [-0.25, -0.2) is 4.98 Å². The Morgan fingerprint density at radius 2 is 2.32 bits per heavy atom. The van der Waals surface area contributed by atoms with Gasteiger partial charge in [-0.2, -0.15) is 0 Å². The molecule has 100 valence electrons. The molecule has 0 fully saturated rings. The van der Waals surface area contributed by atoms with Gasteiger partial charge in [0.2, 0.25) is 11.7 Å². The number of hydrogen-bond acceptors (Lipinski definition) is 5. The molecule has 3 rings (SSSR count). The molecule has 2 aromatic rings. The van der Waals surface area contributed by atoms with Crippen molar-refractivity contribution < 1.29 is 9.21 Å². The first-order valence-corrected chi connectivity index (χ1v) is 6.33. The molecule has 0 saturated heterocycles. The van der Waals surface area contributed by atoms with Crippen LogP contribution in [0.4, 0.5) is 0 Å². The largest absolute Gasteiger partial charge is 0.440 e. The first kappa shape index (κ1) is 11.9. The van der Waals surface area contributed by atoms with Gasteiger partial charge in [-0.15, -0.1) is 10.2 Å². The highest BCUT2D eigenvalue weighted by molar-refractivity contribution is 5.81. The molecule has 0 radical (unpaired) electrons. The lowest BCUT2D eigenvalue weighted by Gasteiger charge is -2.31. The maximum Gasteiger partial charge on any atom is 0.245 e. The van der Waals surface area contributed by atoms with Crippen molar-refractivity contribution in [2.75, 3.05) is 6.54 Å². The molecule has 3 heterocycles. The monoisotopic (exact) mass is 261 g/mol. The summed E-state index contributed by atoms with van der Waals surface area (Å²) in [6, 6.07) is -0.314. The molecule has 2 aromatic heterocycles. The van der Waals surface area contributed by atoms with Crippen LogP contribution in [0, 0.1) is 0 Å². The first-order chi connectivity index (χ1) is 9.22. The standard InChI is InChI=1S/C12H15N5O2/c1-3-4-16-6-10-14-15-11(9-5-13-7-19-9)17(10)8(2)12(16)18/h5,7-8H,3-4,6H2,1-2H3/t8-/m0/s1. The van der Waals surface area contributed by atoms with Gasteiger partial charge in [0.25, 0.3) is 0 Å². The molecule has 0 aliphatic carbocycles. The molecule has 7 heteroatoms. The van der Waals surface area contributed by atoms with Crippen molar-refractivity contribution in [1.29, 1.82) is 0 Å². The minimum atomic E-state index is -0.314. The van der Waals surface area contributed by atoms with E-state index in [0.717, 1.165) is 18.8 Å². The average molecular weight is 261 g/mol. The Balaban J connectivity index is 2.02. The highest BCUT2D eigenvalue weighted by Crippen LogP contribution is 2.27. The van der Waals surface area contributed by atoms with E-state index in [0.29, 0.717) is 18.1 Å². The summed E-state index contributed by atoms with van der Waals surface area (Å²) in [6.45, 7) is 5.15. The van der Waals surface area contributed by atoms with Crippen LogP contribution in [0.3, 0.4) is 0 Å². The van der Waals surface area contributed by atoms with Gasteiger partial charge in [0, 0.05) is 6.54 Å². The molecule has 0 spiro atoms. The zero-order valence-corrected chi connectivity index (χ0v) is 10.9. The summed E-state index contributed by atoms with van der Waals surface area (Å²) in [6.07, 6.45) is 3.85. The molecule has 19 heavy (non-hydrogen) atoms. The number of carbonyl (C=O) groups excluding carboxylic acids is 1. The van der Waals surface area contributed by atoms with E-state index < -0.39 is 0 Å². The second-order valence-corrected chi connectivity index (χ2v) is 4.61. The molecular weight excluding hydrogens is 246 g/mol. The normalized spacial score (nSPS) is 18.7. The van der Waals surface area contributed by atoms with Crippen molar-refractivity contribution in [1.82, 2.24) is 24.6 Å². The Bertz CT molecular complexity index is 589. The third-order valence-corrected chi connectivity index (χ3v) is 3.30. The molecule has 1 aliphatic heterocycles. The lowest BCUT2D eigenvalue weighted by Crippen LogP contribution is -2.42. The van der Waals surface area contributed by atoms with Crippen molar-refractivity contribution in [2.24, 2.45) is 0 Å². The molecule has 0 unspecified atom stereocenters. The van der Waals surface area contributed by atoms with E-state index in [1.807, 2.05) is 16.4 Å².